The van der Waals surface area contributed by atoms with Crippen LogP contribution in [0.2, 0.25) is 0 Å². The topological polar surface area (TPSA) is 105 Å². The van der Waals surface area contributed by atoms with Gasteiger partial charge >= 0.3 is 6.18 Å². The van der Waals surface area contributed by atoms with Crippen molar-refractivity contribution in [1.29, 1.82) is 0 Å². The Labute approximate surface area is 253 Å². The van der Waals surface area contributed by atoms with Crippen LogP contribution >= 0.6 is 11.8 Å². The molecule has 12 heteroatoms. The first kappa shape index (κ1) is 30.9. The molecular weight excluding hydrogens is 577 g/mol. The zero-order valence-corrected chi connectivity index (χ0v) is 24.8. The number of rotatable bonds is 12. The van der Waals surface area contributed by atoms with E-state index in [4.69, 9.17) is 10.7 Å². The maximum atomic E-state index is 13.8. The third kappa shape index (κ3) is 7.72. The summed E-state index contributed by atoms with van der Waals surface area (Å²) in [6, 6.07) is 12.3. The highest BCUT2D eigenvalue weighted by molar-refractivity contribution is 7.99. The number of carbonyl (C=O) groups excluding carboxylic acids is 1. The number of para-hydroxylation sites is 2. The summed E-state index contributed by atoms with van der Waals surface area (Å²) in [5.41, 5.74) is 8.52. The van der Waals surface area contributed by atoms with Crippen LogP contribution in [0.5, 0.6) is 0 Å². The van der Waals surface area contributed by atoms with E-state index in [0.29, 0.717) is 59.1 Å². The molecule has 1 aliphatic carbocycles. The molecule has 0 atom stereocenters. The average molecular weight is 615 g/mol. The van der Waals surface area contributed by atoms with Crippen molar-refractivity contribution in [2.45, 2.75) is 68.1 Å². The van der Waals surface area contributed by atoms with Gasteiger partial charge in [-0.2, -0.15) is 13.2 Å². The number of halogens is 3. The zero-order chi connectivity index (χ0) is 30.4. The fourth-order valence-corrected chi connectivity index (χ4v) is 6.47. The lowest BCUT2D eigenvalue weighted by Gasteiger charge is -2.30. The number of nitrogens with two attached hydrogens (primary N) is 1. The minimum absolute atomic E-state index is 0.0623. The Bertz CT molecular complexity index is 1470. The number of aromatic nitrogens is 2. The number of nitrogens with zero attached hydrogens (tertiary/aromatic N) is 3. The van der Waals surface area contributed by atoms with Gasteiger partial charge in [0.05, 0.1) is 41.3 Å². The van der Waals surface area contributed by atoms with Crippen molar-refractivity contribution in [3.8, 4) is 5.69 Å². The largest absolute Gasteiger partial charge is 0.416 e. The molecule has 1 fully saturated rings. The summed E-state index contributed by atoms with van der Waals surface area (Å²) in [5.74, 6) is -0.0623. The molecule has 5 rings (SSSR count). The van der Waals surface area contributed by atoms with Crippen molar-refractivity contribution in [2.24, 2.45) is 0 Å². The summed E-state index contributed by atoms with van der Waals surface area (Å²) < 4.78 is 39.7. The summed E-state index contributed by atoms with van der Waals surface area (Å²) in [6.45, 7) is 2.24. The Morgan fingerprint density at radius 3 is 2.49 bits per heavy atom. The highest BCUT2D eigenvalue weighted by Gasteiger charge is 2.30. The van der Waals surface area contributed by atoms with Crippen molar-refractivity contribution in [3.63, 3.8) is 0 Å². The summed E-state index contributed by atoms with van der Waals surface area (Å²) in [4.78, 5) is 33.4. The van der Waals surface area contributed by atoms with E-state index in [1.54, 1.807) is 27.3 Å². The molecule has 0 radical (unpaired) electrons. The molecule has 2 aliphatic rings. The predicted molar refractivity (Wildman–Crippen MR) is 164 cm³/mol. The fourth-order valence-electron chi connectivity index (χ4n) is 5.16. The monoisotopic (exact) mass is 614 g/mol. The number of benzene rings is 2. The Hall–Kier alpha value is -3.51. The zero-order valence-electron chi connectivity index (χ0n) is 24.0. The van der Waals surface area contributed by atoms with Gasteiger partial charge in [0.1, 0.15) is 0 Å². The van der Waals surface area contributed by atoms with Gasteiger partial charge in [-0.05, 0) is 68.6 Å². The molecule has 0 bridgehead atoms. The maximum Gasteiger partial charge on any atom is 0.416 e. The molecule has 3 aromatic rings. The van der Waals surface area contributed by atoms with E-state index in [0.717, 1.165) is 49.9 Å². The molecule has 0 unspecified atom stereocenters. The van der Waals surface area contributed by atoms with Crippen LogP contribution in [0.25, 0.3) is 5.69 Å². The molecular formula is C31H37F3N6O2S. The van der Waals surface area contributed by atoms with Crippen LogP contribution in [0.1, 0.15) is 55.3 Å². The fraction of sp³-hybridized carbons (Fsp3) is 0.452. The van der Waals surface area contributed by atoms with Gasteiger partial charge in [0.15, 0.2) is 5.16 Å². The number of nitrogen functional groups attached to an aromatic ring is 1. The van der Waals surface area contributed by atoms with Gasteiger partial charge in [-0.1, -0.05) is 36.7 Å². The van der Waals surface area contributed by atoms with Crippen LogP contribution in [-0.2, 0) is 23.9 Å². The highest BCUT2D eigenvalue weighted by Crippen LogP contribution is 2.37. The van der Waals surface area contributed by atoms with Gasteiger partial charge < -0.3 is 21.3 Å². The summed E-state index contributed by atoms with van der Waals surface area (Å²) in [6.07, 6.45) is 2.22. The third-order valence-corrected chi connectivity index (χ3v) is 9.19. The van der Waals surface area contributed by atoms with Gasteiger partial charge in [-0.25, -0.2) is 4.98 Å². The van der Waals surface area contributed by atoms with E-state index in [9.17, 15) is 22.8 Å². The SMILES string of the molecule is Nc1ccccc1-n1c(SC2CCC2)nc2c(c1=O)CN(C(=O)CNCCCCCNc1ccc(C(F)(F)F)cc1)CC2. The molecule has 4 N–H and O–H groups in total. The molecule has 0 spiro atoms. The smallest absolute Gasteiger partial charge is 0.397 e. The van der Waals surface area contributed by atoms with E-state index in [1.165, 1.54) is 18.6 Å². The van der Waals surface area contributed by atoms with Crippen molar-refractivity contribution in [2.75, 3.05) is 37.2 Å². The number of unbranched alkanes of at least 4 members (excludes halogenated alkanes) is 2. The van der Waals surface area contributed by atoms with Crippen LogP contribution in [0.15, 0.2) is 58.5 Å². The Morgan fingerprint density at radius 2 is 1.79 bits per heavy atom. The summed E-state index contributed by atoms with van der Waals surface area (Å²) >= 11 is 1.64. The molecule has 1 aromatic heterocycles. The number of carbonyl (C=O) groups is 1. The molecule has 1 aliphatic heterocycles. The number of alkyl halides is 3. The molecule has 1 saturated carbocycles. The van der Waals surface area contributed by atoms with Crippen molar-refractivity contribution in [1.82, 2.24) is 19.8 Å². The van der Waals surface area contributed by atoms with Crippen LogP contribution in [0, 0.1) is 0 Å². The second-order valence-electron chi connectivity index (χ2n) is 11.0. The normalized spacial score (nSPS) is 15.2. The molecule has 0 saturated heterocycles. The highest BCUT2D eigenvalue weighted by atomic mass is 32.2. The van der Waals surface area contributed by atoms with E-state index in [1.807, 2.05) is 18.2 Å². The van der Waals surface area contributed by atoms with Crippen molar-refractivity contribution >= 4 is 29.0 Å². The van der Waals surface area contributed by atoms with Gasteiger partial charge in [0.25, 0.3) is 5.56 Å². The van der Waals surface area contributed by atoms with Crippen LogP contribution in [-0.4, -0.2) is 51.8 Å². The minimum Gasteiger partial charge on any atom is -0.397 e. The van der Waals surface area contributed by atoms with Crippen LogP contribution in [0.3, 0.4) is 0 Å². The molecule has 43 heavy (non-hydrogen) atoms. The van der Waals surface area contributed by atoms with E-state index in [2.05, 4.69) is 10.6 Å². The van der Waals surface area contributed by atoms with E-state index >= 15 is 0 Å². The van der Waals surface area contributed by atoms with Gasteiger partial charge in [0, 0.05) is 30.4 Å². The van der Waals surface area contributed by atoms with E-state index < -0.39 is 11.7 Å². The number of thioether (sulfide) groups is 1. The Balaban J connectivity index is 1.09. The first-order valence-corrected chi connectivity index (χ1v) is 15.6. The molecule has 2 heterocycles. The first-order chi connectivity index (χ1) is 20.7. The average Bonchev–Trinajstić information content (AvgIpc) is 2.96. The van der Waals surface area contributed by atoms with Gasteiger partial charge in [0.2, 0.25) is 5.91 Å². The van der Waals surface area contributed by atoms with Gasteiger partial charge in [-0.15, -0.1) is 0 Å². The lowest BCUT2D eigenvalue weighted by Crippen LogP contribution is -2.44. The number of nitrogens with one attached hydrogen (secondary N) is 2. The third-order valence-electron chi connectivity index (χ3n) is 7.90. The maximum absolute atomic E-state index is 13.8. The van der Waals surface area contributed by atoms with Crippen molar-refractivity contribution in [3.05, 3.63) is 75.7 Å². The van der Waals surface area contributed by atoms with Crippen LogP contribution < -0.4 is 21.9 Å². The lowest BCUT2D eigenvalue weighted by molar-refractivity contribution is -0.137. The standard InChI is InChI=1S/C31H37F3N6O2S/c32-31(33,34)21-11-13-22(14-12-21)37-17-5-1-4-16-36-19-28(41)39-18-15-26-24(20-39)29(42)40(27-10-3-2-9-25(27)35)30(38-26)43-23-7-6-8-23/h2-3,9-14,23,36-37H,1,4-8,15-20,35H2. The van der Waals surface area contributed by atoms with Crippen molar-refractivity contribution < 1.29 is 18.0 Å². The second kappa shape index (κ2) is 13.9. The quantitative estimate of drug-likeness (QED) is 0.146. The van der Waals surface area contributed by atoms with Gasteiger partial charge in [-0.3, -0.25) is 14.2 Å². The number of hydrogen-bond donors (Lipinski definition) is 3. The number of amides is 1. The van der Waals surface area contributed by atoms with E-state index in [-0.39, 0.29) is 24.6 Å². The number of anilines is 2. The summed E-state index contributed by atoms with van der Waals surface area (Å²) in [7, 11) is 0. The second-order valence-corrected chi connectivity index (χ2v) is 12.3. The number of fused-ring (bicyclic) bond motifs is 1. The number of hydrogen-bond acceptors (Lipinski definition) is 7. The molecule has 230 valence electrons. The lowest BCUT2D eigenvalue weighted by atomic mass is 10.0. The molecule has 8 nitrogen and oxygen atoms in total. The predicted octanol–water partition coefficient (Wildman–Crippen LogP) is 5.23. The minimum atomic E-state index is -4.33. The first-order valence-electron chi connectivity index (χ1n) is 14.8. The molecule has 2 aromatic carbocycles. The summed E-state index contributed by atoms with van der Waals surface area (Å²) in [5, 5.41) is 7.45. The molecule has 1 amide bonds. The van der Waals surface area contributed by atoms with Crippen LogP contribution in [0.4, 0.5) is 24.5 Å². The Morgan fingerprint density at radius 1 is 1.05 bits per heavy atom. The Kier molecular flexibility index (Phi) is 9.97.